The third-order valence-corrected chi connectivity index (χ3v) is 4.53. The maximum Gasteiger partial charge on any atom is 0.341 e. The number of nitrogens with zero attached hydrogens (tertiary/aromatic N) is 2. The first-order chi connectivity index (χ1) is 13.7. The number of benzene rings is 2. The van der Waals surface area contributed by atoms with E-state index in [0.717, 1.165) is 16.3 Å². The maximum atomic E-state index is 12.6. The van der Waals surface area contributed by atoms with E-state index < -0.39 is 5.97 Å². The Morgan fingerprint density at radius 1 is 1.11 bits per heavy atom. The van der Waals surface area contributed by atoms with Crippen LogP contribution in [0.1, 0.15) is 22.8 Å². The van der Waals surface area contributed by atoms with Crippen molar-refractivity contribution >= 4 is 33.9 Å². The molecule has 0 spiro atoms. The van der Waals surface area contributed by atoms with Crippen LogP contribution in [0.15, 0.2) is 67.0 Å². The molecule has 0 fully saturated rings. The number of aromatic nitrogens is 2. The van der Waals surface area contributed by atoms with Gasteiger partial charge in [-0.15, -0.1) is 0 Å². The van der Waals surface area contributed by atoms with E-state index in [1.807, 2.05) is 42.5 Å². The van der Waals surface area contributed by atoms with Crippen LogP contribution in [0, 0.1) is 0 Å². The second-order valence-corrected chi connectivity index (χ2v) is 6.39. The smallest absolute Gasteiger partial charge is 0.341 e. The van der Waals surface area contributed by atoms with Gasteiger partial charge in [0.1, 0.15) is 5.56 Å². The van der Waals surface area contributed by atoms with Gasteiger partial charge in [0.25, 0.3) is 0 Å². The van der Waals surface area contributed by atoms with E-state index in [4.69, 9.17) is 4.74 Å². The molecule has 2 aromatic heterocycles. The molecule has 0 atom stereocenters. The van der Waals surface area contributed by atoms with Crippen molar-refractivity contribution in [2.45, 2.75) is 13.3 Å². The number of nitrogens with one attached hydrogen (secondary N) is 1. The third kappa shape index (κ3) is 3.44. The molecule has 28 heavy (non-hydrogen) atoms. The summed E-state index contributed by atoms with van der Waals surface area (Å²) in [6, 6.07) is 17.4. The fourth-order valence-corrected chi connectivity index (χ4v) is 3.25. The van der Waals surface area contributed by atoms with E-state index in [2.05, 4.69) is 10.4 Å². The highest BCUT2D eigenvalue weighted by molar-refractivity contribution is 5.99. The molecule has 140 valence electrons. The van der Waals surface area contributed by atoms with Crippen LogP contribution in [0.4, 0.5) is 5.69 Å². The van der Waals surface area contributed by atoms with Crippen LogP contribution in [0.25, 0.3) is 16.3 Å². The second-order valence-electron chi connectivity index (χ2n) is 6.39. The van der Waals surface area contributed by atoms with Crippen LogP contribution < -0.4 is 5.32 Å². The molecule has 0 bridgehead atoms. The summed E-state index contributed by atoms with van der Waals surface area (Å²) < 4.78 is 6.63. The highest BCUT2D eigenvalue weighted by Gasteiger charge is 2.15. The number of anilines is 1. The minimum atomic E-state index is -0.434. The summed E-state index contributed by atoms with van der Waals surface area (Å²) in [5.74, 6) is -0.561. The van der Waals surface area contributed by atoms with Crippen molar-refractivity contribution in [3.8, 4) is 0 Å². The Balaban J connectivity index is 1.56. The van der Waals surface area contributed by atoms with Crippen LogP contribution in [0.2, 0.25) is 0 Å². The lowest BCUT2D eigenvalue weighted by molar-refractivity contribution is -0.115. The second kappa shape index (κ2) is 7.52. The van der Waals surface area contributed by atoms with Crippen molar-refractivity contribution in [1.29, 1.82) is 0 Å². The van der Waals surface area contributed by atoms with Crippen LogP contribution in [-0.2, 0) is 16.0 Å². The van der Waals surface area contributed by atoms with Gasteiger partial charge in [0.05, 0.1) is 24.7 Å². The monoisotopic (exact) mass is 373 g/mol. The fraction of sp³-hybridized carbons (Fsp3) is 0.136. The predicted molar refractivity (Wildman–Crippen MR) is 107 cm³/mol. The number of rotatable bonds is 5. The summed E-state index contributed by atoms with van der Waals surface area (Å²) in [4.78, 5) is 24.7. The standard InChI is InChI=1S/C22H19N3O3/c1-2-28-22(27)19-14-23-25-11-10-17(13-20(19)25)24-21(26)12-16-8-5-7-15-6-3-4-9-18(15)16/h3-11,13-14H,2,12H2,1H3,(H,24,26). The van der Waals surface area contributed by atoms with E-state index >= 15 is 0 Å². The lowest BCUT2D eigenvalue weighted by Gasteiger charge is -2.09. The summed E-state index contributed by atoms with van der Waals surface area (Å²) in [6.07, 6.45) is 3.43. The summed E-state index contributed by atoms with van der Waals surface area (Å²) in [6.45, 7) is 2.04. The summed E-state index contributed by atoms with van der Waals surface area (Å²) in [5.41, 5.74) is 2.52. The van der Waals surface area contributed by atoms with E-state index in [1.54, 1.807) is 29.8 Å². The molecule has 2 aromatic carbocycles. The van der Waals surface area contributed by atoms with E-state index in [1.165, 1.54) is 6.20 Å². The molecule has 4 rings (SSSR count). The van der Waals surface area contributed by atoms with Gasteiger partial charge in [-0.25, -0.2) is 9.31 Å². The Kier molecular flexibility index (Phi) is 4.76. The van der Waals surface area contributed by atoms with Gasteiger partial charge in [-0.05, 0) is 35.4 Å². The third-order valence-electron chi connectivity index (χ3n) is 4.53. The Morgan fingerprint density at radius 2 is 1.93 bits per heavy atom. The average molecular weight is 373 g/mol. The molecule has 0 saturated carbocycles. The molecule has 0 aliphatic carbocycles. The van der Waals surface area contributed by atoms with Crippen molar-refractivity contribution in [2.75, 3.05) is 11.9 Å². The maximum absolute atomic E-state index is 12.6. The van der Waals surface area contributed by atoms with Crippen molar-refractivity contribution in [3.05, 3.63) is 78.1 Å². The molecule has 0 radical (unpaired) electrons. The van der Waals surface area contributed by atoms with Gasteiger partial charge in [-0.1, -0.05) is 42.5 Å². The van der Waals surface area contributed by atoms with Gasteiger partial charge in [0.15, 0.2) is 0 Å². The van der Waals surface area contributed by atoms with Crippen LogP contribution in [0.3, 0.4) is 0 Å². The number of ether oxygens (including phenoxy) is 1. The lowest BCUT2D eigenvalue weighted by atomic mass is 10.0. The number of hydrogen-bond donors (Lipinski definition) is 1. The average Bonchev–Trinajstić information content (AvgIpc) is 3.12. The summed E-state index contributed by atoms with van der Waals surface area (Å²) in [5, 5.41) is 9.22. The number of amides is 1. The first-order valence-electron chi connectivity index (χ1n) is 9.06. The SMILES string of the molecule is CCOC(=O)c1cnn2ccc(NC(=O)Cc3cccc4ccccc34)cc12. The molecule has 6 heteroatoms. The van der Waals surface area contributed by atoms with Crippen LogP contribution >= 0.6 is 0 Å². The zero-order valence-electron chi connectivity index (χ0n) is 15.4. The number of esters is 1. The van der Waals surface area contributed by atoms with Gasteiger partial charge >= 0.3 is 5.97 Å². The topological polar surface area (TPSA) is 72.7 Å². The van der Waals surface area contributed by atoms with Crippen molar-refractivity contribution in [2.24, 2.45) is 0 Å². The van der Waals surface area contributed by atoms with Gasteiger partial charge in [-0.3, -0.25) is 4.79 Å². The molecule has 0 unspecified atom stereocenters. The first kappa shape index (κ1) is 17.7. The molecule has 4 aromatic rings. The summed E-state index contributed by atoms with van der Waals surface area (Å²) >= 11 is 0. The molecular weight excluding hydrogens is 354 g/mol. The number of fused-ring (bicyclic) bond motifs is 2. The Hall–Kier alpha value is -3.67. The highest BCUT2D eigenvalue weighted by Crippen LogP contribution is 2.20. The Morgan fingerprint density at radius 3 is 2.79 bits per heavy atom. The molecule has 0 saturated heterocycles. The molecule has 1 amide bonds. The van der Waals surface area contributed by atoms with Crippen molar-refractivity contribution < 1.29 is 14.3 Å². The van der Waals surface area contributed by atoms with E-state index in [0.29, 0.717) is 16.8 Å². The molecule has 0 aliphatic rings. The van der Waals surface area contributed by atoms with E-state index in [9.17, 15) is 9.59 Å². The molecule has 0 aliphatic heterocycles. The van der Waals surface area contributed by atoms with Crippen LogP contribution in [-0.4, -0.2) is 28.1 Å². The number of pyridine rings is 1. The predicted octanol–water partition coefficient (Wildman–Crippen LogP) is 3.85. The fourth-order valence-electron chi connectivity index (χ4n) is 3.25. The molecule has 2 heterocycles. The zero-order chi connectivity index (χ0) is 19.5. The largest absolute Gasteiger partial charge is 0.462 e. The quantitative estimate of drug-likeness (QED) is 0.540. The normalized spacial score (nSPS) is 10.9. The highest BCUT2D eigenvalue weighted by atomic mass is 16.5. The number of hydrogen-bond acceptors (Lipinski definition) is 4. The molecule has 6 nitrogen and oxygen atoms in total. The minimum Gasteiger partial charge on any atom is -0.462 e. The van der Waals surface area contributed by atoms with Crippen molar-refractivity contribution in [1.82, 2.24) is 9.61 Å². The summed E-state index contributed by atoms with van der Waals surface area (Å²) in [7, 11) is 0. The Labute approximate surface area is 161 Å². The first-order valence-corrected chi connectivity index (χ1v) is 9.06. The molecular formula is C22H19N3O3. The van der Waals surface area contributed by atoms with Gasteiger partial charge < -0.3 is 10.1 Å². The Bertz CT molecular complexity index is 1170. The minimum absolute atomic E-state index is 0.127. The van der Waals surface area contributed by atoms with Gasteiger partial charge in [-0.2, -0.15) is 5.10 Å². The number of carbonyl (C=O) groups is 2. The van der Waals surface area contributed by atoms with Gasteiger partial charge in [0.2, 0.25) is 5.91 Å². The van der Waals surface area contributed by atoms with Crippen LogP contribution in [0.5, 0.6) is 0 Å². The van der Waals surface area contributed by atoms with E-state index in [-0.39, 0.29) is 18.9 Å². The number of carbonyl (C=O) groups excluding carboxylic acids is 2. The van der Waals surface area contributed by atoms with Crippen molar-refractivity contribution in [3.63, 3.8) is 0 Å². The van der Waals surface area contributed by atoms with Gasteiger partial charge in [0, 0.05) is 11.9 Å². The lowest BCUT2D eigenvalue weighted by Crippen LogP contribution is -2.15. The molecule has 1 N–H and O–H groups in total. The zero-order valence-corrected chi connectivity index (χ0v) is 15.4.